The molecule has 0 saturated heterocycles. The van der Waals surface area contributed by atoms with Crippen molar-refractivity contribution in [2.75, 3.05) is 20.3 Å². The standard InChI is InChI=1S/C12H23NO4/c1-10(9-12(15)16)8-11(14)13-6-4-3-5-7-17-2/h10H,3-9H2,1-2H3,(H,13,14)(H,15,16). The van der Waals surface area contributed by atoms with Crippen LogP contribution >= 0.6 is 0 Å². The molecule has 0 rings (SSSR count). The fourth-order valence-corrected chi connectivity index (χ4v) is 1.53. The summed E-state index contributed by atoms with van der Waals surface area (Å²) in [5.41, 5.74) is 0. The maximum atomic E-state index is 11.4. The Bertz CT molecular complexity index is 231. The highest BCUT2D eigenvalue weighted by Crippen LogP contribution is 2.06. The van der Waals surface area contributed by atoms with Gasteiger partial charge in [-0.3, -0.25) is 9.59 Å². The van der Waals surface area contributed by atoms with Gasteiger partial charge in [-0.05, 0) is 25.2 Å². The van der Waals surface area contributed by atoms with E-state index in [1.54, 1.807) is 14.0 Å². The highest BCUT2D eigenvalue weighted by Gasteiger charge is 2.11. The Morgan fingerprint density at radius 2 is 1.94 bits per heavy atom. The Morgan fingerprint density at radius 1 is 1.24 bits per heavy atom. The maximum absolute atomic E-state index is 11.4. The fourth-order valence-electron chi connectivity index (χ4n) is 1.53. The summed E-state index contributed by atoms with van der Waals surface area (Å²) in [5, 5.41) is 11.3. The van der Waals surface area contributed by atoms with Crippen LogP contribution in [0.25, 0.3) is 0 Å². The molecule has 0 aliphatic heterocycles. The third-order valence-electron chi connectivity index (χ3n) is 2.40. The minimum atomic E-state index is -0.857. The summed E-state index contributed by atoms with van der Waals surface area (Å²) in [6.45, 7) is 3.18. The molecule has 0 aromatic heterocycles. The van der Waals surface area contributed by atoms with Gasteiger partial charge in [0.2, 0.25) is 5.91 Å². The molecule has 17 heavy (non-hydrogen) atoms. The molecule has 2 N–H and O–H groups in total. The Balaban J connectivity index is 3.43. The smallest absolute Gasteiger partial charge is 0.303 e. The van der Waals surface area contributed by atoms with E-state index in [1.807, 2.05) is 0 Å². The molecule has 0 bridgehead atoms. The molecule has 0 fully saturated rings. The Hall–Kier alpha value is -1.10. The molecular weight excluding hydrogens is 222 g/mol. The van der Waals surface area contributed by atoms with Gasteiger partial charge in [0.15, 0.2) is 0 Å². The highest BCUT2D eigenvalue weighted by molar-refractivity contribution is 5.77. The summed E-state index contributed by atoms with van der Waals surface area (Å²) < 4.78 is 4.92. The van der Waals surface area contributed by atoms with E-state index in [4.69, 9.17) is 9.84 Å². The third-order valence-corrected chi connectivity index (χ3v) is 2.40. The van der Waals surface area contributed by atoms with Crippen LogP contribution < -0.4 is 5.32 Å². The monoisotopic (exact) mass is 245 g/mol. The Kier molecular flexibility index (Phi) is 9.43. The predicted molar refractivity (Wildman–Crippen MR) is 64.8 cm³/mol. The van der Waals surface area contributed by atoms with E-state index >= 15 is 0 Å². The lowest BCUT2D eigenvalue weighted by Gasteiger charge is -2.09. The van der Waals surface area contributed by atoms with Gasteiger partial charge in [0.1, 0.15) is 0 Å². The van der Waals surface area contributed by atoms with Gasteiger partial charge in [-0.2, -0.15) is 0 Å². The van der Waals surface area contributed by atoms with E-state index in [2.05, 4.69) is 5.32 Å². The number of carboxylic acids is 1. The average Bonchev–Trinajstić information content (AvgIpc) is 2.21. The third kappa shape index (κ3) is 11.2. The molecule has 1 atom stereocenters. The van der Waals surface area contributed by atoms with Crippen molar-refractivity contribution in [1.29, 1.82) is 0 Å². The first-order valence-electron chi connectivity index (χ1n) is 6.03. The Morgan fingerprint density at radius 3 is 2.53 bits per heavy atom. The van der Waals surface area contributed by atoms with Crippen LogP contribution in [0, 0.1) is 5.92 Å². The quantitative estimate of drug-likeness (QED) is 0.571. The summed E-state index contributed by atoms with van der Waals surface area (Å²) in [7, 11) is 1.67. The number of carboxylic acid groups (broad SMARTS) is 1. The average molecular weight is 245 g/mol. The van der Waals surface area contributed by atoms with E-state index < -0.39 is 5.97 Å². The van der Waals surface area contributed by atoms with Crippen molar-refractivity contribution in [2.24, 2.45) is 5.92 Å². The van der Waals surface area contributed by atoms with Crippen molar-refractivity contribution in [2.45, 2.75) is 39.0 Å². The van der Waals surface area contributed by atoms with Crippen LogP contribution in [0.4, 0.5) is 0 Å². The number of ether oxygens (including phenoxy) is 1. The summed E-state index contributed by atoms with van der Waals surface area (Å²) in [5.74, 6) is -1.03. The SMILES string of the molecule is COCCCCCNC(=O)CC(C)CC(=O)O. The van der Waals surface area contributed by atoms with Gasteiger partial charge >= 0.3 is 5.97 Å². The molecule has 0 aliphatic carbocycles. The number of hydrogen-bond donors (Lipinski definition) is 2. The first kappa shape index (κ1) is 15.9. The molecule has 100 valence electrons. The molecule has 5 nitrogen and oxygen atoms in total. The number of rotatable bonds is 10. The molecule has 0 radical (unpaired) electrons. The fraction of sp³-hybridized carbons (Fsp3) is 0.833. The van der Waals surface area contributed by atoms with E-state index in [9.17, 15) is 9.59 Å². The molecule has 0 aliphatic rings. The minimum Gasteiger partial charge on any atom is -0.481 e. The maximum Gasteiger partial charge on any atom is 0.303 e. The molecule has 0 aromatic carbocycles. The number of aliphatic carboxylic acids is 1. The van der Waals surface area contributed by atoms with E-state index in [0.29, 0.717) is 6.54 Å². The predicted octanol–water partition coefficient (Wildman–Crippen LogP) is 1.42. The summed E-state index contributed by atoms with van der Waals surface area (Å²) >= 11 is 0. The molecule has 0 heterocycles. The zero-order valence-corrected chi connectivity index (χ0v) is 10.7. The number of amides is 1. The molecule has 5 heteroatoms. The number of hydrogen-bond acceptors (Lipinski definition) is 3. The summed E-state index contributed by atoms with van der Waals surface area (Å²) in [4.78, 5) is 21.8. The lowest BCUT2D eigenvalue weighted by atomic mass is 10.0. The molecule has 0 spiro atoms. The van der Waals surface area contributed by atoms with Crippen LogP contribution in [-0.2, 0) is 14.3 Å². The van der Waals surface area contributed by atoms with Gasteiger partial charge in [0, 0.05) is 33.1 Å². The first-order chi connectivity index (χ1) is 8.06. The number of carbonyl (C=O) groups excluding carboxylic acids is 1. The molecule has 1 unspecified atom stereocenters. The second kappa shape index (κ2) is 10.1. The second-order valence-corrected chi connectivity index (χ2v) is 4.31. The molecule has 0 aromatic rings. The van der Waals surface area contributed by atoms with Gasteiger partial charge in [0.25, 0.3) is 0 Å². The lowest BCUT2D eigenvalue weighted by molar-refractivity contribution is -0.138. The van der Waals surface area contributed by atoms with Crippen molar-refractivity contribution >= 4 is 11.9 Å². The minimum absolute atomic E-state index is 0.0429. The van der Waals surface area contributed by atoms with Crippen molar-refractivity contribution in [1.82, 2.24) is 5.32 Å². The van der Waals surface area contributed by atoms with Crippen molar-refractivity contribution in [3.63, 3.8) is 0 Å². The summed E-state index contributed by atoms with van der Waals surface area (Å²) in [6.07, 6.45) is 3.29. The first-order valence-corrected chi connectivity index (χ1v) is 6.03. The van der Waals surface area contributed by atoms with Crippen LogP contribution in [0.1, 0.15) is 39.0 Å². The van der Waals surface area contributed by atoms with Crippen molar-refractivity contribution < 1.29 is 19.4 Å². The van der Waals surface area contributed by atoms with Crippen LogP contribution in [0.5, 0.6) is 0 Å². The normalized spacial score (nSPS) is 12.1. The van der Waals surface area contributed by atoms with Gasteiger partial charge in [0.05, 0.1) is 0 Å². The van der Waals surface area contributed by atoms with Gasteiger partial charge in [-0.1, -0.05) is 6.92 Å². The van der Waals surface area contributed by atoms with Crippen LogP contribution in [0.15, 0.2) is 0 Å². The highest BCUT2D eigenvalue weighted by atomic mass is 16.5. The van der Waals surface area contributed by atoms with Gasteiger partial charge in [-0.15, -0.1) is 0 Å². The van der Waals surface area contributed by atoms with E-state index in [-0.39, 0.29) is 24.7 Å². The van der Waals surface area contributed by atoms with E-state index in [1.165, 1.54) is 0 Å². The van der Waals surface area contributed by atoms with E-state index in [0.717, 1.165) is 25.9 Å². The lowest BCUT2D eigenvalue weighted by Crippen LogP contribution is -2.26. The molecule has 1 amide bonds. The van der Waals surface area contributed by atoms with Gasteiger partial charge < -0.3 is 15.2 Å². The van der Waals surface area contributed by atoms with Crippen LogP contribution in [-0.4, -0.2) is 37.2 Å². The molecular formula is C12H23NO4. The number of carbonyl (C=O) groups is 2. The second-order valence-electron chi connectivity index (χ2n) is 4.31. The van der Waals surface area contributed by atoms with Crippen LogP contribution in [0.2, 0.25) is 0 Å². The van der Waals surface area contributed by atoms with Crippen LogP contribution in [0.3, 0.4) is 0 Å². The zero-order chi connectivity index (χ0) is 13.1. The Labute approximate surface area is 103 Å². The van der Waals surface area contributed by atoms with Crippen molar-refractivity contribution in [3.05, 3.63) is 0 Å². The number of unbranched alkanes of at least 4 members (excludes halogenated alkanes) is 2. The topological polar surface area (TPSA) is 75.6 Å². The number of methoxy groups -OCH3 is 1. The van der Waals surface area contributed by atoms with Crippen molar-refractivity contribution in [3.8, 4) is 0 Å². The molecule has 0 saturated carbocycles. The number of nitrogens with one attached hydrogen (secondary N) is 1. The van der Waals surface area contributed by atoms with Gasteiger partial charge in [-0.25, -0.2) is 0 Å². The largest absolute Gasteiger partial charge is 0.481 e. The zero-order valence-electron chi connectivity index (χ0n) is 10.7. The summed E-state index contributed by atoms with van der Waals surface area (Å²) in [6, 6.07) is 0.